The van der Waals surface area contributed by atoms with E-state index >= 15 is 0 Å². The Hall–Kier alpha value is -1.85. The number of hydrogen-bond acceptors (Lipinski definition) is 2. The predicted octanol–water partition coefficient (Wildman–Crippen LogP) is 6.95. The van der Waals surface area contributed by atoms with Crippen LogP contribution in [0.1, 0.15) is 89.0 Å². The van der Waals surface area contributed by atoms with E-state index in [0.29, 0.717) is 30.1 Å². The van der Waals surface area contributed by atoms with Crippen molar-refractivity contribution in [3.8, 4) is 0 Å². The Kier molecular flexibility index (Phi) is 6.93. The molecule has 0 aromatic carbocycles. The second-order valence-electron chi connectivity index (χ2n) is 10.8. The molecule has 2 aliphatic carbocycles. The molecule has 6 heteroatoms. The second-order valence-corrected chi connectivity index (χ2v) is 10.8. The van der Waals surface area contributed by atoms with Gasteiger partial charge in [0, 0.05) is 31.4 Å². The molecule has 2 atom stereocenters. The highest BCUT2D eigenvalue weighted by atomic mass is 19.4. The Balaban J connectivity index is 1.45. The van der Waals surface area contributed by atoms with Gasteiger partial charge >= 0.3 is 6.18 Å². The van der Waals surface area contributed by atoms with Gasteiger partial charge in [0.15, 0.2) is 0 Å². The summed E-state index contributed by atoms with van der Waals surface area (Å²) >= 11 is 0. The van der Waals surface area contributed by atoms with Gasteiger partial charge in [-0.3, -0.25) is 9.78 Å². The third-order valence-electron chi connectivity index (χ3n) is 8.66. The number of aromatic nitrogens is 1. The minimum absolute atomic E-state index is 0.142. The average molecular weight is 463 g/mol. The first-order valence-electron chi connectivity index (χ1n) is 12.6. The van der Waals surface area contributed by atoms with Gasteiger partial charge in [-0.1, -0.05) is 25.5 Å². The number of halogens is 3. The van der Waals surface area contributed by atoms with Crippen LogP contribution in [-0.2, 0) is 23.9 Å². The molecule has 2 heterocycles. The Bertz CT molecular complexity index is 897. The number of rotatable bonds is 4. The number of hydrogen-bond donors (Lipinski definition) is 0. The number of nitrogens with zero attached hydrogens (tertiary/aromatic N) is 2. The van der Waals surface area contributed by atoms with Crippen LogP contribution in [0.5, 0.6) is 0 Å². The molecule has 1 aromatic rings. The van der Waals surface area contributed by atoms with Crippen LogP contribution in [0.4, 0.5) is 13.2 Å². The van der Waals surface area contributed by atoms with Gasteiger partial charge in [0.05, 0.1) is 11.0 Å². The summed E-state index contributed by atoms with van der Waals surface area (Å²) in [7, 11) is 0. The maximum Gasteiger partial charge on any atom is 0.417 e. The van der Waals surface area contributed by atoms with E-state index in [1.165, 1.54) is 38.2 Å². The third-order valence-corrected chi connectivity index (χ3v) is 8.66. The number of carbonyl (C=O) groups is 1. The van der Waals surface area contributed by atoms with E-state index in [4.69, 9.17) is 0 Å². The van der Waals surface area contributed by atoms with Gasteiger partial charge < -0.3 is 4.90 Å². The van der Waals surface area contributed by atoms with Crippen molar-refractivity contribution >= 4 is 5.91 Å². The van der Waals surface area contributed by atoms with E-state index in [2.05, 4.69) is 31.8 Å². The Morgan fingerprint density at radius 1 is 1.21 bits per heavy atom. The normalized spacial score (nSPS) is 28.2. The zero-order chi connectivity index (χ0) is 23.8. The summed E-state index contributed by atoms with van der Waals surface area (Å²) in [5.41, 5.74) is 1.69. The molecule has 4 rings (SSSR count). The molecule has 0 N–H and O–H groups in total. The highest BCUT2D eigenvalue weighted by molar-refractivity contribution is 5.83. The smallest absolute Gasteiger partial charge is 0.337 e. The van der Waals surface area contributed by atoms with E-state index in [1.807, 2.05) is 4.90 Å². The van der Waals surface area contributed by atoms with Crippen molar-refractivity contribution in [2.24, 2.45) is 23.2 Å². The fourth-order valence-corrected chi connectivity index (χ4v) is 6.46. The number of amides is 1. The SMILES string of the molecule is CC=C1CCC(C[C@@H]2CC[C@@](C(=O)N3CCc4ncc(C(F)(F)F)cc4C3)(C(C)C)C2)CC1. The minimum Gasteiger partial charge on any atom is -0.337 e. The molecule has 0 bridgehead atoms. The van der Waals surface area contributed by atoms with Gasteiger partial charge in [-0.25, -0.2) is 0 Å². The van der Waals surface area contributed by atoms with Crippen LogP contribution >= 0.6 is 0 Å². The van der Waals surface area contributed by atoms with Crippen molar-refractivity contribution < 1.29 is 18.0 Å². The van der Waals surface area contributed by atoms with Crippen LogP contribution in [0.25, 0.3) is 0 Å². The van der Waals surface area contributed by atoms with Crippen molar-refractivity contribution in [3.63, 3.8) is 0 Å². The Morgan fingerprint density at radius 3 is 2.58 bits per heavy atom. The van der Waals surface area contributed by atoms with Crippen LogP contribution in [0.2, 0.25) is 0 Å². The van der Waals surface area contributed by atoms with Crippen LogP contribution in [0, 0.1) is 23.2 Å². The summed E-state index contributed by atoms with van der Waals surface area (Å²) in [5.74, 6) is 1.69. The molecule has 0 unspecified atom stereocenters. The summed E-state index contributed by atoms with van der Waals surface area (Å²) in [4.78, 5) is 19.7. The Labute approximate surface area is 195 Å². The molecule has 0 saturated heterocycles. The highest BCUT2D eigenvalue weighted by Gasteiger charge is 2.49. The molecule has 2 fully saturated rings. The van der Waals surface area contributed by atoms with Crippen LogP contribution in [0.15, 0.2) is 23.9 Å². The average Bonchev–Trinajstić information content (AvgIpc) is 3.23. The van der Waals surface area contributed by atoms with Crippen molar-refractivity contribution in [3.05, 3.63) is 40.7 Å². The molecule has 182 valence electrons. The largest absolute Gasteiger partial charge is 0.417 e. The lowest BCUT2D eigenvalue weighted by atomic mass is 9.72. The summed E-state index contributed by atoms with van der Waals surface area (Å²) in [6.07, 6.45) is 8.33. The number of fused-ring (bicyclic) bond motifs is 1. The fraction of sp³-hybridized carbons (Fsp3) is 0.704. The lowest BCUT2D eigenvalue weighted by Crippen LogP contribution is -2.47. The molecule has 3 nitrogen and oxygen atoms in total. The van der Waals surface area contributed by atoms with Gasteiger partial charge in [-0.05, 0) is 87.7 Å². The third kappa shape index (κ3) is 5.00. The van der Waals surface area contributed by atoms with Crippen LogP contribution in [0.3, 0.4) is 0 Å². The number of carbonyl (C=O) groups excluding carboxylic acids is 1. The van der Waals surface area contributed by atoms with Crippen molar-refractivity contribution in [2.45, 2.75) is 91.3 Å². The summed E-state index contributed by atoms with van der Waals surface area (Å²) in [5, 5.41) is 0. The van der Waals surface area contributed by atoms with Crippen molar-refractivity contribution in [1.29, 1.82) is 0 Å². The number of allylic oxidation sites excluding steroid dienone is 2. The minimum atomic E-state index is -4.42. The summed E-state index contributed by atoms with van der Waals surface area (Å²) in [6, 6.07) is 1.18. The Morgan fingerprint density at radius 2 is 1.94 bits per heavy atom. The zero-order valence-corrected chi connectivity index (χ0v) is 20.2. The first-order valence-corrected chi connectivity index (χ1v) is 12.6. The molecule has 1 amide bonds. The molecule has 3 aliphatic rings. The zero-order valence-electron chi connectivity index (χ0n) is 20.2. The predicted molar refractivity (Wildman–Crippen MR) is 123 cm³/mol. The first kappa shape index (κ1) is 24.3. The fourth-order valence-electron chi connectivity index (χ4n) is 6.46. The molecule has 1 aromatic heterocycles. The lowest BCUT2D eigenvalue weighted by Gasteiger charge is -2.39. The summed E-state index contributed by atoms with van der Waals surface area (Å²) in [6.45, 7) is 7.19. The maximum absolute atomic E-state index is 13.9. The highest BCUT2D eigenvalue weighted by Crippen LogP contribution is 2.51. The van der Waals surface area contributed by atoms with E-state index in [1.54, 1.807) is 5.57 Å². The van der Waals surface area contributed by atoms with Crippen LogP contribution in [-0.4, -0.2) is 22.3 Å². The van der Waals surface area contributed by atoms with Gasteiger partial charge in [-0.2, -0.15) is 13.2 Å². The lowest BCUT2D eigenvalue weighted by molar-refractivity contribution is -0.146. The van der Waals surface area contributed by atoms with Gasteiger partial charge in [0.25, 0.3) is 0 Å². The molecule has 1 aliphatic heterocycles. The monoisotopic (exact) mass is 462 g/mol. The standard InChI is InChI=1S/C27H37F3N2O/c1-4-19-5-7-20(8-6-19)13-21-9-11-26(15-21,18(2)3)25(33)32-12-10-24-22(17-32)14-23(16-31-24)27(28,29)30/h4,14,16,18,20-21H,5-13,15,17H2,1-3H3/t20?,21-,26-/m0/s1. The second kappa shape index (κ2) is 9.42. The molecular weight excluding hydrogens is 425 g/mol. The molecule has 0 radical (unpaired) electrons. The van der Waals surface area contributed by atoms with E-state index in [0.717, 1.165) is 31.4 Å². The van der Waals surface area contributed by atoms with Gasteiger partial charge in [0.2, 0.25) is 5.91 Å². The molecule has 2 saturated carbocycles. The first-order chi connectivity index (χ1) is 15.6. The number of alkyl halides is 3. The van der Waals surface area contributed by atoms with Gasteiger partial charge in [0.1, 0.15) is 0 Å². The van der Waals surface area contributed by atoms with Crippen molar-refractivity contribution in [2.75, 3.05) is 6.54 Å². The van der Waals surface area contributed by atoms with Crippen molar-refractivity contribution in [1.82, 2.24) is 9.88 Å². The number of pyridine rings is 1. The van der Waals surface area contributed by atoms with Gasteiger partial charge in [-0.15, -0.1) is 0 Å². The topological polar surface area (TPSA) is 33.2 Å². The van der Waals surface area contributed by atoms with E-state index < -0.39 is 11.7 Å². The molecule has 0 spiro atoms. The van der Waals surface area contributed by atoms with Crippen LogP contribution < -0.4 is 0 Å². The molecule has 33 heavy (non-hydrogen) atoms. The summed E-state index contributed by atoms with van der Waals surface area (Å²) < 4.78 is 39.5. The quantitative estimate of drug-likeness (QED) is 0.454. The maximum atomic E-state index is 13.9. The van der Waals surface area contributed by atoms with E-state index in [-0.39, 0.29) is 23.8 Å². The molecular formula is C27H37F3N2O. The van der Waals surface area contributed by atoms with E-state index in [9.17, 15) is 18.0 Å².